The van der Waals surface area contributed by atoms with Gasteiger partial charge < -0.3 is 4.90 Å². The predicted molar refractivity (Wildman–Crippen MR) is 127 cm³/mol. The fraction of sp³-hybridized carbons (Fsp3) is 0.391. The van der Waals surface area contributed by atoms with Crippen LogP contribution in [-0.2, 0) is 0 Å². The van der Waals surface area contributed by atoms with Crippen LogP contribution in [0.25, 0.3) is 10.2 Å². The van der Waals surface area contributed by atoms with Crippen molar-refractivity contribution >= 4 is 44.4 Å². The first-order valence-corrected chi connectivity index (χ1v) is 11.8. The van der Waals surface area contributed by atoms with Crippen molar-refractivity contribution in [3.05, 3.63) is 53.1 Å². The fourth-order valence-electron chi connectivity index (χ4n) is 3.33. The summed E-state index contributed by atoms with van der Waals surface area (Å²) < 4.78 is 1.16. The van der Waals surface area contributed by atoms with Gasteiger partial charge in [0, 0.05) is 17.0 Å². The van der Waals surface area contributed by atoms with Crippen LogP contribution in [0.4, 0.5) is 5.13 Å². The molecule has 3 rings (SSSR count). The molecule has 154 valence electrons. The van der Waals surface area contributed by atoms with E-state index in [0.717, 1.165) is 34.1 Å². The van der Waals surface area contributed by atoms with Gasteiger partial charge in [0.15, 0.2) is 5.13 Å². The van der Waals surface area contributed by atoms with Crippen LogP contribution in [0.5, 0.6) is 0 Å². The second-order valence-corrected chi connectivity index (χ2v) is 9.81. The molecule has 0 radical (unpaired) electrons. The number of anilines is 1. The molecule has 0 unspecified atom stereocenters. The maximum Gasteiger partial charge on any atom is 0.260 e. The monoisotopic (exact) mass is 427 g/mol. The molecule has 0 atom stereocenters. The van der Waals surface area contributed by atoms with Crippen molar-refractivity contribution in [3.8, 4) is 0 Å². The molecule has 0 aliphatic rings. The number of carbonyl (C=O) groups is 1. The van der Waals surface area contributed by atoms with Gasteiger partial charge in [0.1, 0.15) is 0 Å². The highest BCUT2D eigenvalue weighted by atomic mass is 32.2. The quantitative estimate of drug-likeness (QED) is 0.437. The zero-order valence-corrected chi connectivity index (χ0v) is 19.5. The first kappa shape index (κ1) is 21.8. The van der Waals surface area contributed by atoms with Crippen molar-refractivity contribution in [2.45, 2.75) is 32.1 Å². The van der Waals surface area contributed by atoms with Crippen LogP contribution in [0.15, 0.2) is 41.3 Å². The zero-order valence-electron chi connectivity index (χ0n) is 17.9. The molecule has 1 aromatic heterocycles. The molecule has 29 heavy (non-hydrogen) atoms. The summed E-state index contributed by atoms with van der Waals surface area (Å²) in [4.78, 5) is 23.4. The number of thiazole rings is 1. The number of nitrogens with zero attached hydrogens (tertiary/aromatic N) is 3. The van der Waals surface area contributed by atoms with Gasteiger partial charge in [0.25, 0.3) is 5.91 Å². The standard InChI is InChI=1S/C23H29N3OS2/c1-6-28-19-10-8-18(9-11-19)22(27)26(13-7-12-25(4)5)23-24-20-15-16(2)14-17(3)21(20)29-23/h8-11,14-15H,6-7,12-13H2,1-5H3. The van der Waals surface area contributed by atoms with E-state index >= 15 is 0 Å². The Balaban J connectivity index is 1.93. The van der Waals surface area contributed by atoms with E-state index in [4.69, 9.17) is 4.98 Å². The SMILES string of the molecule is CCSc1ccc(C(=O)N(CCCN(C)C)c2nc3cc(C)cc(C)c3s2)cc1. The second kappa shape index (κ2) is 9.74. The Hall–Kier alpha value is -1.89. The van der Waals surface area contributed by atoms with Crippen LogP contribution < -0.4 is 4.90 Å². The summed E-state index contributed by atoms with van der Waals surface area (Å²) >= 11 is 3.39. The number of fused-ring (bicyclic) bond motifs is 1. The average molecular weight is 428 g/mol. The molecule has 0 saturated heterocycles. The van der Waals surface area contributed by atoms with Crippen LogP contribution in [0.2, 0.25) is 0 Å². The van der Waals surface area contributed by atoms with E-state index in [1.807, 2.05) is 29.2 Å². The third-order valence-electron chi connectivity index (χ3n) is 4.68. The van der Waals surface area contributed by atoms with E-state index in [0.29, 0.717) is 12.1 Å². The molecule has 4 nitrogen and oxygen atoms in total. The summed E-state index contributed by atoms with van der Waals surface area (Å²) in [6.45, 7) is 7.91. The summed E-state index contributed by atoms with van der Waals surface area (Å²) in [6, 6.07) is 12.2. The van der Waals surface area contributed by atoms with Crippen LogP contribution in [0.3, 0.4) is 0 Å². The van der Waals surface area contributed by atoms with E-state index in [-0.39, 0.29) is 5.91 Å². The van der Waals surface area contributed by atoms with Gasteiger partial charge in [-0.1, -0.05) is 24.3 Å². The van der Waals surface area contributed by atoms with E-state index in [1.54, 1.807) is 23.1 Å². The minimum absolute atomic E-state index is 0.0187. The average Bonchev–Trinajstić information content (AvgIpc) is 3.09. The Labute approximate surface area is 181 Å². The van der Waals surface area contributed by atoms with Crippen LogP contribution in [0, 0.1) is 13.8 Å². The van der Waals surface area contributed by atoms with Crippen molar-refractivity contribution in [2.75, 3.05) is 37.8 Å². The molecule has 2 aromatic carbocycles. The lowest BCUT2D eigenvalue weighted by molar-refractivity contribution is 0.0986. The van der Waals surface area contributed by atoms with Crippen LogP contribution in [0.1, 0.15) is 34.8 Å². The highest BCUT2D eigenvalue weighted by Crippen LogP contribution is 2.33. The third-order valence-corrected chi connectivity index (χ3v) is 6.81. The van der Waals surface area contributed by atoms with E-state index < -0.39 is 0 Å². The lowest BCUT2D eigenvalue weighted by Crippen LogP contribution is -2.33. The molecule has 0 aliphatic heterocycles. The van der Waals surface area contributed by atoms with Gasteiger partial charge in [-0.05, 0) is 88.1 Å². The smallest absolute Gasteiger partial charge is 0.260 e. The van der Waals surface area contributed by atoms with E-state index in [9.17, 15) is 4.79 Å². The first-order valence-electron chi connectivity index (χ1n) is 9.96. The fourth-order valence-corrected chi connectivity index (χ4v) is 5.03. The molecule has 1 heterocycles. The molecule has 0 aliphatic carbocycles. The van der Waals surface area contributed by atoms with Crippen LogP contribution in [-0.4, -0.2) is 48.7 Å². The lowest BCUT2D eigenvalue weighted by atomic mass is 10.1. The van der Waals surface area contributed by atoms with Gasteiger partial charge in [0.2, 0.25) is 0 Å². The first-order chi connectivity index (χ1) is 13.9. The number of amides is 1. The third kappa shape index (κ3) is 5.38. The molecule has 1 amide bonds. The Bertz CT molecular complexity index is 980. The molecular weight excluding hydrogens is 398 g/mol. The summed E-state index contributed by atoms with van der Waals surface area (Å²) in [5, 5.41) is 0.782. The number of hydrogen-bond acceptors (Lipinski definition) is 5. The summed E-state index contributed by atoms with van der Waals surface area (Å²) in [7, 11) is 4.11. The van der Waals surface area contributed by atoms with E-state index in [1.165, 1.54) is 16.0 Å². The Kier molecular flexibility index (Phi) is 7.33. The molecule has 6 heteroatoms. The summed E-state index contributed by atoms with van der Waals surface area (Å²) in [5.41, 5.74) is 4.09. The minimum Gasteiger partial charge on any atom is -0.309 e. The van der Waals surface area contributed by atoms with Crippen molar-refractivity contribution < 1.29 is 4.79 Å². The van der Waals surface area contributed by atoms with Crippen molar-refractivity contribution in [3.63, 3.8) is 0 Å². The van der Waals surface area contributed by atoms with Gasteiger partial charge in [-0.3, -0.25) is 9.69 Å². The maximum atomic E-state index is 13.4. The van der Waals surface area contributed by atoms with Crippen LogP contribution >= 0.6 is 23.1 Å². The highest BCUT2D eigenvalue weighted by molar-refractivity contribution is 7.99. The van der Waals surface area contributed by atoms with Crippen molar-refractivity contribution in [2.24, 2.45) is 0 Å². The number of hydrogen-bond donors (Lipinski definition) is 0. The minimum atomic E-state index is 0.0187. The number of aromatic nitrogens is 1. The van der Waals surface area contributed by atoms with E-state index in [2.05, 4.69) is 51.9 Å². The molecule has 0 fully saturated rings. The van der Waals surface area contributed by atoms with Gasteiger partial charge >= 0.3 is 0 Å². The highest BCUT2D eigenvalue weighted by Gasteiger charge is 2.21. The molecular formula is C23H29N3OS2. The molecule has 0 spiro atoms. The number of rotatable bonds is 8. The normalized spacial score (nSPS) is 11.4. The second-order valence-electron chi connectivity index (χ2n) is 7.50. The lowest BCUT2D eigenvalue weighted by Gasteiger charge is -2.21. The molecule has 0 saturated carbocycles. The summed E-state index contributed by atoms with van der Waals surface area (Å²) in [6.07, 6.45) is 0.899. The maximum absolute atomic E-state index is 13.4. The summed E-state index contributed by atoms with van der Waals surface area (Å²) in [5.74, 6) is 1.04. The van der Waals surface area contributed by atoms with Gasteiger partial charge in [-0.15, -0.1) is 11.8 Å². The van der Waals surface area contributed by atoms with Gasteiger partial charge in [0.05, 0.1) is 10.2 Å². The molecule has 3 aromatic rings. The van der Waals surface area contributed by atoms with Crippen molar-refractivity contribution in [1.82, 2.24) is 9.88 Å². The van der Waals surface area contributed by atoms with Gasteiger partial charge in [-0.2, -0.15) is 0 Å². The number of benzene rings is 2. The number of thioether (sulfide) groups is 1. The Morgan fingerprint density at radius 3 is 2.48 bits per heavy atom. The predicted octanol–water partition coefficient (Wildman–Crippen LogP) is 5.62. The Morgan fingerprint density at radius 1 is 1.10 bits per heavy atom. The largest absolute Gasteiger partial charge is 0.309 e. The van der Waals surface area contributed by atoms with Gasteiger partial charge in [-0.25, -0.2) is 4.98 Å². The van der Waals surface area contributed by atoms with Crippen molar-refractivity contribution in [1.29, 1.82) is 0 Å². The Morgan fingerprint density at radius 2 is 1.83 bits per heavy atom. The zero-order chi connectivity index (χ0) is 21.0. The molecule has 0 bridgehead atoms. The number of carbonyl (C=O) groups excluding carboxylic acids is 1. The topological polar surface area (TPSA) is 36.4 Å². The number of aryl methyl sites for hydroxylation is 2. The molecule has 0 N–H and O–H groups in total.